The van der Waals surface area contributed by atoms with Crippen LogP contribution in [0.15, 0.2) is 5.38 Å². The van der Waals surface area contributed by atoms with Crippen LogP contribution in [-0.4, -0.2) is 28.5 Å². The number of carboxylic acids is 1. The minimum atomic E-state index is -0.856. The molecule has 2 N–H and O–H groups in total. The summed E-state index contributed by atoms with van der Waals surface area (Å²) in [6, 6.07) is 0. The van der Waals surface area contributed by atoms with Crippen molar-refractivity contribution in [3.05, 3.63) is 16.1 Å². The molecule has 0 aromatic carbocycles. The summed E-state index contributed by atoms with van der Waals surface area (Å²) >= 11 is 1.58. The monoisotopic (exact) mass is 296 g/mol. The zero-order chi connectivity index (χ0) is 14.7. The number of rotatable bonds is 5. The van der Waals surface area contributed by atoms with Crippen LogP contribution in [0.25, 0.3) is 0 Å². The highest BCUT2D eigenvalue weighted by Crippen LogP contribution is 2.36. The topological polar surface area (TPSA) is 79.3 Å². The van der Waals surface area contributed by atoms with Gasteiger partial charge in [-0.3, -0.25) is 9.59 Å². The fourth-order valence-electron chi connectivity index (χ4n) is 2.80. The van der Waals surface area contributed by atoms with E-state index in [-0.39, 0.29) is 11.8 Å². The first kappa shape index (κ1) is 15.0. The van der Waals surface area contributed by atoms with Gasteiger partial charge in [-0.2, -0.15) is 0 Å². The van der Waals surface area contributed by atoms with Crippen molar-refractivity contribution in [3.8, 4) is 0 Å². The van der Waals surface area contributed by atoms with E-state index in [1.54, 1.807) is 11.3 Å². The molecule has 1 aromatic heterocycles. The Hall–Kier alpha value is -1.43. The van der Waals surface area contributed by atoms with E-state index in [0.29, 0.717) is 31.7 Å². The number of hydrogen-bond acceptors (Lipinski definition) is 4. The molecule has 0 radical (unpaired) electrons. The van der Waals surface area contributed by atoms with Crippen LogP contribution in [0.3, 0.4) is 0 Å². The number of amides is 1. The average molecular weight is 296 g/mol. The van der Waals surface area contributed by atoms with Crippen molar-refractivity contribution in [2.75, 3.05) is 6.54 Å². The van der Waals surface area contributed by atoms with Crippen molar-refractivity contribution in [1.29, 1.82) is 0 Å². The Bertz CT molecular complexity index is 500. The molecule has 5 nitrogen and oxygen atoms in total. The molecule has 1 aliphatic carbocycles. The largest absolute Gasteiger partial charge is 0.481 e. The highest BCUT2D eigenvalue weighted by Gasteiger charge is 2.40. The van der Waals surface area contributed by atoms with E-state index in [0.717, 1.165) is 10.7 Å². The van der Waals surface area contributed by atoms with E-state index < -0.39 is 11.9 Å². The maximum absolute atomic E-state index is 12.1. The third-order valence-electron chi connectivity index (χ3n) is 3.76. The Morgan fingerprint density at radius 1 is 1.45 bits per heavy atom. The van der Waals surface area contributed by atoms with Gasteiger partial charge in [0.05, 0.1) is 16.8 Å². The number of thiazole rings is 1. The Morgan fingerprint density at radius 2 is 2.15 bits per heavy atom. The fraction of sp³-hybridized carbons (Fsp3) is 0.643. The Labute approximate surface area is 122 Å². The lowest BCUT2D eigenvalue weighted by Crippen LogP contribution is -2.36. The van der Waals surface area contributed by atoms with Gasteiger partial charge in [0.25, 0.3) is 0 Å². The minimum absolute atomic E-state index is 0.130. The van der Waals surface area contributed by atoms with Crippen molar-refractivity contribution in [2.24, 2.45) is 17.8 Å². The van der Waals surface area contributed by atoms with Gasteiger partial charge in [-0.1, -0.05) is 6.92 Å². The van der Waals surface area contributed by atoms with Crippen LogP contribution in [0.2, 0.25) is 0 Å². The van der Waals surface area contributed by atoms with Gasteiger partial charge < -0.3 is 10.4 Å². The molecule has 1 aromatic rings. The van der Waals surface area contributed by atoms with E-state index in [9.17, 15) is 9.59 Å². The summed E-state index contributed by atoms with van der Waals surface area (Å²) in [5, 5.41) is 15.0. The summed E-state index contributed by atoms with van der Waals surface area (Å²) in [5.41, 5.74) is 0.992. The number of aliphatic carboxylic acids is 1. The van der Waals surface area contributed by atoms with E-state index in [1.807, 2.05) is 19.2 Å². The molecule has 0 spiro atoms. The molecule has 1 aliphatic rings. The number of aromatic nitrogens is 1. The van der Waals surface area contributed by atoms with Crippen LogP contribution in [0.4, 0.5) is 0 Å². The highest BCUT2D eigenvalue weighted by molar-refractivity contribution is 7.09. The van der Waals surface area contributed by atoms with Crippen molar-refractivity contribution in [3.63, 3.8) is 0 Å². The van der Waals surface area contributed by atoms with Gasteiger partial charge >= 0.3 is 5.97 Å². The summed E-state index contributed by atoms with van der Waals surface area (Å²) in [4.78, 5) is 27.6. The standard InChI is InChI=1S/C14H20N2O3S/c1-8-5-10(11(6-8)14(18)19)13(17)15-4-3-12-16-9(2)7-20-12/h7-8,10-11H,3-6H2,1-2H3,(H,15,17)(H,18,19). The predicted molar refractivity (Wildman–Crippen MR) is 76.6 cm³/mol. The van der Waals surface area contributed by atoms with Gasteiger partial charge in [0, 0.05) is 24.0 Å². The summed E-state index contributed by atoms with van der Waals surface area (Å²) < 4.78 is 0. The van der Waals surface area contributed by atoms with E-state index >= 15 is 0 Å². The smallest absolute Gasteiger partial charge is 0.307 e. The molecule has 0 saturated heterocycles. The number of nitrogens with zero attached hydrogens (tertiary/aromatic N) is 1. The van der Waals surface area contributed by atoms with Crippen LogP contribution < -0.4 is 5.32 Å². The highest BCUT2D eigenvalue weighted by atomic mass is 32.1. The number of carboxylic acid groups (broad SMARTS) is 1. The van der Waals surface area contributed by atoms with Gasteiger partial charge in [0.2, 0.25) is 5.91 Å². The van der Waals surface area contributed by atoms with Gasteiger partial charge in [-0.25, -0.2) is 4.98 Å². The molecule has 6 heteroatoms. The lowest BCUT2D eigenvalue weighted by molar-refractivity contribution is -0.146. The molecule has 0 aliphatic heterocycles. The third kappa shape index (κ3) is 3.56. The molecule has 0 bridgehead atoms. The predicted octanol–water partition coefficient (Wildman–Crippen LogP) is 1.86. The van der Waals surface area contributed by atoms with Crippen molar-refractivity contribution in [2.45, 2.75) is 33.1 Å². The second-order valence-corrected chi connectivity index (χ2v) is 6.49. The third-order valence-corrected chi connectivity index (χ3v) is 4.78. The summed E-state index contributed by atoms with van der Waals surface area (Å²) in [6.45, 7) is 4.46. The van der Waals surface area contributed by atoms with Gasteiger partial charge in [-0.05, 0) is 25.7 Å². The molecule has 3 atom stereocenters. The Balaban J connectivity index is 1.83. The van der Waals surface area contributed by atoms with Crippen molar-refractivity contribution >= 4 is 23.2 Å². The van der Waals surface area contributed by atoms with E-state index in [4.69, 9.17) is 5.11 Å². The summed E-state index contributed by atoms with van der Waals surface area (Å²) in [7, 11) is 0. The van der Waals surface area contributed by atoms with Crippen LogP contribution in [0.5, 0.6) is 0 Å². The SMILES string of the molecule is Cc1csc(CCNC(=O)C2CC(C)CC2C(=O)O)n1. The van der Waals surface area contributed by atoms with Gasteiger partial charge in [0.15, 0.2) is 0 Å². The van der Waals surface area contributed by atoms with Crippen LogP contribution in [0.1, 0.15) is 30.5 Å². The van der Waals surface area contributed by atoms with E-state index in [1.165, 1.54) is 0 Å². The van der Waals surface area contributed by atoms with E-state index in [2.05, 4.69) is 10.3 Å². The lowest BCUT2D eigenvalue weighted by Gasteiger charge is -2.15. The molecule has 1 heterocycles. The Morgan fingerprint density at radius 3 is 2.75 bits per heavy atom. The van der Waals surface area contributed by atoms with Gasteiger partial charge in [-0.15, -0.1) is 11.3 Å². The maximum Gasteiger partial charge on any atom is 0.307 e. The first-order valence-corrected chi connectivity index (χ1v) is 7.77. The molecular weight excluding hydrogens is 276 g/mol. The summed E-state index contributed by atoms with van der Waals surface area (Å²) in [5.74, 6) is -1.61. The van der Waals surface area contributed by atoms with Crippen LogP contribution >= 0.6 is 11.3 Å². The zero-order valence-electron chi connectivity index (χ0n) is 11.8. The maximum atomic E-state index is 12.1. The first-order chi connectivity index (χ1) is 9.47. The molecular formula is C14H20N2O3S. The molecule has 2 rings (SSSR count). The first-order valence-electron chi connectivity index (χ1n) is 6.89. The van der Waals surface area contributed by atoms with Crippen molar-refractivity contribution < 1.29 is 14.7 Å². The number of carbonyl (C=O) groups is 2. The molecule has 1 fully saturated rings. The molecule has 1 saturated carbocycles. The number of aryl methyl sites for hydroxylation is 1. The molecule has 3 unspecified atom stereocenters. The molecule has 20 heavy (non-hydrogen) atoms. The number of hydrogen-bond donors (Lipinski definition) is 2. The van der Waals surface area contributed by atoms with Gasteiger partial charge in [0.1, 0.15) is 0 Å². The van der Waals surface area contributed by atoms with Crippen LogP contribution in [-0.2, 0) is 16.0 Å². The number of carbonyl (C=O) groups excluding carboxylic acids is 1. The minimum Gasteiger partial charge on any atom is -0.481 e. The van der Waals surface area contributed by atoms with Crippen molar-refractivity contribution in [1.82, 2.24) is 10.3 Å². The normalized spacial score (nSPS) is 25.6. The quantitative estimate of drug-likeness (QED) is 0.869. The summed E-state index contributed by atoms with van der Waals surface area (Å²) in [6.07, 6.45) is 1.96. The lowest BCUT2D eigenvalue weighted by atomic mass is 9.95. The fourth-order valence-corrected chi connectivity index (χ4v) is 3.57. The second kappa shape index (κ2) is 6.35. The molecule has 1 amide bonds. The second-order valence-electron chi connectivity index (χ2n) is 5.55. The molecule has 110 valence electrons. The number of nitrogens with one attached hydrogen (secondary N) is 1. The average Bonchev–Trinajstić information content (AvgIpc) is 2.95. The van der Waals surface area contributed by atoms with Crippen LogP contribution in [0, 0.1) is 24.7 Å². The zero-order valence-corrected chi connectivity index (χ0v) is 12.6. The Kier molecular flexibility index (Phi) is 4.75.